The van der Waals surface area contributed by atoms with Crippen molar-refractivity contribution in [3.8, 4) is 16.9 Å². The molecule has 5 nitrogen and oxygen atoms in total. The molecule has 2 fully saturated rings. The van der Waals surface area contributed by atoms with Gasteiger partial charge in [-0.1, -0.05) is 12.1 Å². The largest absolute Gasteiger partial charge is 0.492 e. The summed E-state index contributed by atoms with van der Waals surface area (Å²) in [5, 5.41) is 10.0. The quantitative estimate of drug-likeness (QED) is 0.352. The summed E-state index contributed by atoms with van der Waals surface area (Å²) in [5.74, 6) is 0.685. The molecule has 3 heterocycles. The number of pyridine rings is 1. The van der Waals surface area contributed by atoms with E-state index in [0.29, 0.717) is 18.2 Å². The molecule has 0 bridgehead atoms. The lowest BCUT2D eigenvalue weighted by molar-refractivity contribution is 0.0930. The minimum absolute atomic E-state index is 0.0546. The number of nitrogens with zero attached hydrogens (tertiary/aromatic N) is 1. The van der Waals surface area contributed by atoms with Crippen molar-refractivity contribution in [1.82, 2.24) is 15.6 Å². The molecule has 2 aromatic heterocycles. The van der Waals surface area contributed by atoms with Crippen LogP contribution in [0.15, 0.2) is 60.1 Å². The minimum Gasteiger partial charge on any atom is -0.492 e. The molecule has 35 heavy (non-hydrogen) atoms. The van der Waals surface area contributed by atoms with Crippen molar-refractivity contribution in [2.75, 3.05) is 13.2 Å². The van der Waals surface area contributed by atoms with Crippen LogP contribution < -0.4 is 15.4 Å². The third-order valence-corrected chi connectivity index (χ3v) is 8.10. The van der Waals surface area contributed by atoms with E-state index in [1.54, 1.807) is 11.3 Å². The average Bonchev–Trinajstić information content (AvgIpc) is 3.48. The molecular formula is C29H29N3O2S. The number of benzene rings is 2. The van der Waals surface area contributed by atoms with Crippen LogP contribution in [-0.4, -0.2) is 30.1 Å². The number of carbonyl (C=O) groups is 1. The highest BCUT2D eigenvalue weighted by atomic mass is 32.1. The predicted octanol–water partition coefficient (Wildman–Crippen LogP) is 5.74. The summed E-state index contributed by atoms with van der Waals surface area (Å²) in [6, 6.07) is 16.9. The zero-order valence-corrected chi connectivity index (χ0v) is 20.9. The van der Waals surface area contributed by atoms with Gasteiger partial charge < -0.3 is 15.4 Å². The summed E-state index contributed by atoms with van der Waals surface area (Å²) >= 11 is 1.75. The Morgan fingerprint density at radius 2 is 2.03 bits per heavy atom. The third kappa shape index (κ3) is 4.32. The molecule has 4 aromatic rings. The maximum Gasteiger partial charge on any atom is 0.252 e. The Morgan fingerprint density at radius 3 is 2.74 bits per heavy atom. The van der Waals surface area contributed by atoms with Crippen LogP contribution in [0.1, 0.15) is 45.6 Å². The van der Waals surface area contributed by atoms with Crippen LogP contribution in [0, 0.1) is 13.8 Å². The van der Waals surface area contributed by atoms with Crippen LogP contribution in [0.4, 0.5) is 0 Å². The summed E-state index contributed by atoms with van der Waals surface area (Å²) in [4.78, 5) is 19.5. The van der Waals surface area contributed by atoms with E-state index in [-0.39, 0.29) is 11.4 Å². The van der Waals surface area contributed by atoms with Crippen LogP contribution in [0.5, 0.6) is 5.75 Å². The molecule has 6 rings (SSSR count). The van der Waals surface area contributed by atoms with Gasteiger partial charge in [-0.15, -0.1) is 11.3 Å². The number of hydrogen-bond donors (Lipinski definition) is 2. The predicted molar refractivity (Wildman–Crippen MR) is 141 cm³/mol. The Bertz CT molecular complexity index is 1420. The maximum atomic E-state index is 13.6. The Kier molecular flexibility index (Phi) is 5.58. The summed E-state index contributed by atoms with van der Waals surface area (Å²) in [7, 11) is 0. The van der Waals surface area contributed by atoms with Crippen molar-refractivity contribution < 1.29 is 9.53 Å². The first kappa shape index (κ1) is 22.3. The normalized spacial score (nSPS) is 18.2. The van der Waals surface area contributed by atoms with E-state index in [4.69, 9.17) is 4.74 Å². The van der Waals surface area contributed by atoms with E-state index >= 15 is 0 Å². The molecule has 1 aliphatic carbocycles. The van der Waals surface area contributed by atoms with Crippen LogP contribution in [-0.2, 0) is 5.54 Å². The van der Waals surface area contributed by atoms with E-state index in [9.17, 15) is 4.79 Å². The zero-order chi connectivity index (χ0) is 24.0. The molecule has 1 atom stereocenters. The number of aromatic nitrogens is 1. The Balaban J connectivity index is 1.31. The van der Waals surface area contributed by atoms with Crippen LogP contribution in [0.2, 0.25) is 0 Å². The second-order valence-corrected chi connectivity index (χ2v) is 10.9. The number of ether oxygens (including phenoxy) is 1. The minimum atomic E-state index is -0.376. The lowest BCUT2D eigenvalue weighted by Gasteiger charge is -2.27. The van der Waals surface area contributed by atoms with Gasteiger partial charge in [0, 0.05) is 28.1 Å². The summed E-state index contributed by atoms with van der Waals surface area (Å²) < 4.78 is 5.96. The van der Waals surface area contributed by atoms with E-state index < -0.39 is 0 Å². The second kappa shape index (κ2) is 8.77. The standard InChI is InChI=1S/C29H29N3O2S/c1-18-5-6-23(34-16-22-7-11-30-22)15-25(18)28(33)32-29(8-9-29)26-13-20(21-12-19(2)35-17-21)14-27-24(26)4-3-10-31-27/h3-6,10,12-15,17,22,30H,7-9,11,16H2,1-2H3,(H,32,33). The van der Waals surface area contributed by atoms with Crippen molar-refractivity contribution in [3.63, 3.8) is 0 Å². The van der Waals surface area contributed by atoms with Crippen molar-refractivity contribution in [2.45, 2.75) is 44.7 Å². The molecule has 6 heteroatoms. The number of hydrogen-bond acceptors (Lipinski definition) is 5. The third-order valence-electron chi connectivity index (χ3n) is 7.23. The van der Waals surface area contributed by atoms with Gasteiger partial charge in [0.25, 0.3) is 5.91 Å². The van der Waals surface area contributed by atoms with Crippen molar-refractivity contribution >= 4 is 28.1 Å². The molecule has 1 saturated heterocycles. The molecular weight excluding hydrogens is 454 g/mol. The van der Waals surface area contributed by atoms with Crippen molar-refractivity contribution in [1.29, 1.82) is 0 Å². The van der Waals surface area contributed by atoms with Gasteiger partial charge in [-0.25, -0.2) is 0 Å². The van der Waals surface area contributed by atoms with E-state index in [1.807, 2.05) is 37.4 Å². The van der Waals surface area contributed by atoms with Crippen LogP contribution in [0.25, 0.3) is 22.0 Å². The topological polar surface area (TPSA) is 63.2 Å². The Hall–Kier alpha value is -3.22. The smallest absolute Gasteiger partial charge is 0.252 e. The number of fused-ring (bicyclic) bond motifs is 1. The van der Waals surface area contributed by atoms with Gasteiger partial charge >= 0.3 is 0 Å². The number of amides is 1. The van der Waals surface area contributed by atoms with Crippen molar-refractivity contribution in [2.24, 2.45) is 0 Å². The first-order valence-corrected chi connectivity index (χ1v) is 13.1. The number of nitrogens with one attached hydrogen (secondary N) is 2. The maximum absolute atomic E-state index is 13.6. The van der Waals surface area contributed by atoms with Gasteiger partial charge in [-0.05, 0) is 104 Å². The number of thiophene rings is 1. The fraction of sp³-hybridized carbons (Fsp3) is 0.310. The molecule has 0 radical (unpaired) electrons. The molecule has 2 aromatic carbocycles. The highest BCUT2D eigenvalue weighted by Gasteiger charge is 2.47. The molecule has 1 aliphatic heterocycles. The van der Waals surface area contributed by atoms with Gasteiger partial charge in [0.2, 0.25) is 0 Å². The number of aryl methyl sites for hydroxylation is 2. The zero-order valence-electron chi connectivity index (χ0n) is 20.1. The van der Waals surface area contributed by atoms with E-state index in [2.05, 4.69) is 52.2 Å². The lowest BCUT2D eigenvalue weighted by atomic mass is 9.94. The van der Waals surface area contributed by atoms with Crippen LogP contribution in [0.3, 0.4) is 0 Å². The SMILES string of the molecule is Cc1cc(-c2cc(C3(NC(=O)c4cc(OCC5CCN5)ccc4C)CC3)c3cccnc3c2)cs1. The molecule has 1 amide bonds. The van der Waals surface area contributed by atoms with Crippen LogP contribution >= 0.6 is 11.3 Å². The first-order valence-electron chi connectivity index (χ1n) is 12.2. The van der Waals surface area contributed by atoms with E-state index in [0.717, 1.165) is 59.2 Å². The summed E-state index contributed by atoms with van der Waals surface area (Å²) in [6.07, 6.45) is 4.80. The highest BCUT2D eigenvalue weighted by molar-refractivity contribution is 7.10. The average molecular weight is 484 g/mol. The summed E-state index contributed by atoms with van der Waals surface area (Å²) in [5.41, 5.74) is 5.69. The fourth-order valence-electron chi connectivity index (χ4n) is 4.83. The van der Waals surface area contributed by atoms with Gasteiger partial charge in [0.05, 0.1) is 11.1 Å². The number of carbonyl (C=O) groups excluding carboxylic acids is 1. The lowest BCUT2D eigenvalue weighted by Crippen LogP contribution is -2.46. The van der Waals surface area contributed by atoms with Gasteiger partial charge in [0.1, 0.15) is 12.4 Å². The monoisotopic (exact) mass is 483 g/mol. The fourth-order valence-corrected chi connectivity index (χ4v) is 5.55. The second-order valence-electron chi connectivity index (χ2n) is 9.80. The molecule has 2 N–H and O–H groups in total. The van der Waals surface area contributed by atoms with Gasteiger partial charge in [-0.3, -0.25) is 9.78 Å². The molecule has 2 aliphatic rings. The summed E-state index contributed by atoms with van der Waals surface area (Å²) in [6.45, 7) is 5.78. The van der Waals surface area contributed by atoms with E-state index in [1.165, 1.54) is 10.4 Å². The Labute approximate surface area is 209 Å². The Morgan fingerprint density at radius 1 is 1.17 bits per heavy atom. The highest BCUT2D eigenvalue weighted by Crippen LogP contribution is 2.49. The van der Waals surface area contributed by atoms with Gasteiger partial charge in [0.15, 0.2) is 0 Å². The first-order chi connectivity index (χ1) is 17.0. The molecule has 1 saturated carbocycles. The molecule has 178 valence electrons. The number of rotatable bonds is 7. The van der Waals surface area contributed by atoms with Crippen molar-refractivity contribution in [3.05, 3.63) is 81.7 Å². The van der Waals surface area contributed by atoms with Gasteiger partial charge in [-0.2, -0.15) is 0 Å². The molecule has 0 spiro atoms. The molecule has 1 unspecified atom stereocenters.